The molecule has 0 spiro atoms. The van der Waals surface area contributed by atoms with Crippen LogP contribution < -0.4 is 5.32 Å². The van der Waals surface area contributed by atoms with E-state index < -0.39 is 6.10 Å². The number of halogens is 1. The summed E-state index contributed by atoms with van der Waals surface area (Å²) in [6.45, 7) is 0.262. The van der Waals surface area contributed by atoms with Crippen LogP contribution in [0.4, 0.5) is 4.39 Å². The zero-order chi connectivity index (χ0) is 13.7. The predicted molar refractivity (Wildman–Crippen MR) is 71.1 cm³/mol. The van der Waals surface area contributed by atoms with Gasteiger partial charge in [0.1, 0.15) is 5.82 Å². The number of rotatable bonds is 5. The highest BCUT2D eigenvalue weighted by Crippen LogP contribution is 2.27. The topological polar surface area (TPSA) is 49.3 Å². The van der Waals surface area contributed by atoms with E-state index in [1.165, 1.54) is 6.07 Å². The van der Waals surface area contributed by atoms with Gasteiger partial charge in [0, 0.05) is 6.54 Å². The lowest BCUT2D eigenvalue weighted by atomic mass is 10.0. The van der Waals surface area contributed by atoms with E-state index in [9.17, 15) is 14.3 Å². The first-order valence-corrected chi connectivity index (χ1v) is 6.85. The van der Waals surface area contributed by atoms with Crippen LogP contribution in [0.1, 0.15) is 31.2 Å². The number of carbonyl (C=O) groups excluding carboxylic acids is 1. The minimum atomic E-state index is -0.480. The molecule has 0 heterocycles. The number of carbonyl (C=O) groups is 1. The number of hydrogen-bond acceptors (Lipinski definition) is 2. The van der Waals surface area contributed by atoms with Gasteiger partial charge < -0.3 is 10.4 Å². The zero-order valence-electron chi connectivity index (χ0n) is 10.9. The Balaban J connectivity index is 1.77. The fourth-order valence-corrected chi connectivity index (χ4v) is 2.60. The quantitative estimate of drug-likeness (QED) is 0.856. The Kier molecular flexibility index (Phi) is 4.91. The van der Waals surface area contributed by atoms with Gasteiger partial charge in [0.05, 0.1) is 12.5 Å². The Morgan fingerprint density at radius 1 is 1.37 bits per heavy atom. The van der Waals surface area contributed by atoms with Crippen LogP contribution in [0.2, 0.25) is 0 Å². The first-order chi connectivity index (χ1) is 9.16. The van der Waals surface area contributed by atoms with Gasteiger partial charge in [-0.1, -0.05) is 31.0 Å². The highest BCUT2D eigenvalue weighted by Gasteiger charge is 2.23. The van der Waals surface area contributed by atoms with E-state index in [0.29, 0.717) is 11.5 Å². The third-order valence-electron chi connectivity index (χ3n) is 3.76. The number of amides is 1. The molecule has 1 aliphatic rings. The van der Waals surface area contributed by atoms with Crippen LogP contribution in [0.25, 0.3) is 0 Å². The Bertz CT molecular complexity index is 430. The van der Waals surface area contributed by atoms with Crippen molar-refractivity contribution in [1.82, 2.24) is 5.32 Å². The monoisotopic (exact) mass is 265 g/mol. The summed E-state index contributed by atoms with van der Waals surface area (Å²) >= 11 is 0. The molecule has 1 atom stereocenters. The summed E-state index contributed by atoms with van der Waals surface area (Å²) in [7, 11) is 0. The van der Waals surface area contributed by atoms with Crippen molar-refractivity contribution in [2.75, 3.05) is 6.54 Å². The highest BCUT2D eigenvalue weighted by atomic mass is 19.1. The number of benzene rings is 1. The lowest BCUT2D eigenvalue weighted by Gasteiger charge is -2.18. The third kappa shape index (κ3) is 4.03. The van der Waals surface area contributed by atoms with Gasteiger partial charge >= 0.3 is 0 Å². The van der Waals surface area contributed by atoms with Gasteiger partial charge in [-0.25, -0.2) is 4.39 Å². The molecule has 2 N–H and O–H groups in total. The van der Waals surface area contributed by atoms with Crippen molar-refractivity contribution >= 4 is 5.91 Å². The summed E-state index contributed by atoms with van der Waals surface area (Å²) in [5.74, 6) is -0.315. The van der Waals surface area contributed by atoms with E-state index in [2.05, 4.69) is 5.32 Å². The van der Waals surface area contributed by atoms with Gasteiger partial charge in [-0.3, -0.25) is 4.79 Å². The largest absolute Gasteiger partial charge is 0.391 e. The van der Waals surface area contributed by atoms with Crippen LogP contribution in [0.3, 0.4) is 0 Å². The first-order valence-electron chi connectivity index (χ1n) is 6.85. The first kappa shape index (κ1) is 14.0. The second-order valence-corrected chi connectivity index (χ2v) is 5.18. The van der Waals surface area contributed by atoms with Crippen molar-refractivity contribution in [3.63, 3.8) is 0 Å². The fraction of sp³-hybridized carbons (Fsp3) is 0.533. The summed E-state index contributed by atoms with van der Waals surface area (Å²) in [5, 5.41) is 12.6. The lowest BCUT2D eigenvalue weighted by molar-refractivity contribution is -0.121. The van der Waals surface area contributed by atoms with E-state index in [1.807, 2.05) is 0 Å². The van der Waals surface area contributed by atoms with E-state index in [1.54, 1.807) is 18.2 Å². The molecule has 0 saturated heterocycles. The SMILES string of the molecule is O=C(Cc1ccccc1F)NCC(O)C1CCCC1. The molecule has 104 valence electrons. The van der Waals surface area contributed by atoms with Gasteiger partial charge in [-0.05, 0) is 30.4 Å². The van der Waals surface area contributed by atoms with Gasteiger partial charge in [0.2, 0.25) is 5.91 Å². The summed E-state index contributed by atoms with van der Waals surface area (Å²) in [6.07, 6.45) is 3.92. The average molecular weight is 265 g/mol. The molecule has 1 unspecified atom stereocenters. The second-order valence-electron chi connectivity index (χ2n) is 5.18. The predicted octanol–water partition coefficient (Wildman–Crippen LogP) is 2.04. The number of nitrogens with one attached hydrogen (secondary N) is 1. The molecule has 1 amide bonds. The van der Waals surface area contributed by atoms with Gasteiger partial charge in [-0.15, -0.1) is 0 Å². The van der Waals surface area contributed by atoms with E-state index in [4.69, 9.17) is 0 Å². The molecule has 3 nitrogen and oxygen atoms in total. The van der Waals surface area contributed by atoms with Crippen LogP contribution in [-0.4, -0.2) is 23.7 Å². The summed E-state index contributed by atoms with van der Waals surface area (Å²) in [4.78, 5) is 11.7. The molecule has 4 heteroatoms. The lowest BCUT2D eigenvalue weighted by Crippen LogP contribution is -2.36. The Morgan fingerprint density at radius 3 is 2.74 bits per heavy atom. The Labute approximate surface area is 112 Å². The average Bonchev–Trinajstić information content (AvgIpc) is 2.93. The minimum absolute atomic E-state index is 0.0179. The van der Waals surface area contributed by atoms with Crippen LogP contribution >= 0.6 is 0 Å². The smallest absolute Gasteiger partial charge is 0.224 e. The van der Waals surface area contributed by atoms with Crippen LogP contribution in [0.5, 0.6) is 0 Å². The molecule has 1 fully saturated rings. The minimum Gasteiger partial charge on any atom is -0.391 e. The van der Waals surface area contributed by atoms with Gasteiger partial charge in [0.15, 0.2) is 0 Å². The summed E-state index contributed by atoms with van der Waals surface area (Å²) in [5.41, 5.74) is 0.385. The van der Waals surface area contributed by atoms with Gasteiger partial charge in [0.25, 0.3) is 0 Å². The number of aliphatic hydroxyl groups excluding tert-OH is 1. The maximum Gasteiger partial charge on any atom is 0.224 e. The van der Waals surface area contributed by atoms with Gasteiger partial charge in [-0.2, -0.15) is 0 Å². The number of hydrogen-bond donors (Lipinski definition) is 2. The normalized spacial score (nSPS) is 17.4. The molecule has 0 aromatic heterocycles. The van der Waals surface area contributed by atoms with Crippen LogP contribution in [0, 0.1) is 11.7 Å². The Hall–Kier alpha value is -1.42. The third-order valence-corrected chi connectivity index (χ3v) is 3.76. The molecule has 0 radical (unpaired) electrons. The van der Waals surface area contributed by atoms with E-state index >= 15 is 0 Å². The van der Waals surface area contributed by atoms with Crippen molar-refractivity contribution in [3.05, 3.63) is 35.6 Å². The molecule has 1 aliphatic carbocycles. The maximum absolute atomic E-state index is 13.4. The molecule has 1 saturated carbocycles. The van der Waals surface area contributed by atoms with Crippen LogP contribution in [-0.2, 0) is 11.2 Å². The van der Waals surface area contributed by atoms with Crippen molar-refractivity contribution in [2.24, 2.45) is 5.92 Å². The maximum atomic E-state index is 13.4. The highest BCUT2D eigenvalue weighted by molar-refractivity contribution is 5.78. The fourth-order valence-electron chi connectivity index (χ4n) is 2.60. The Morgan fingerprint density at radius 2 is 2.05 bits per heavy atom. The molecular weight excluding hydrogens is 245 g/mol. The van der Waals surface area contributed by atoms with E-state index in [-0.39, 0.29) is 24.7 Å². The molecule has 0 bridgehead atoms. The standard InChI is InChI=1S/C15H20FNO2/c16-13-8-4-3-7-12(13)9-15(19)17-10-14(18)11-5-1-2-6-11/h3-4,7-8,11,14,18H,1-2,5-6,9-10H2,(H,17,19). The second kappa shape index (κ2) is 6.66. The van der Waals surface area contributed by atoms with Crippen molar-refractivity contribution in [2.45, 2.75) is 38.2 Å². The number of aliphatic hydroxyl groups is 1. The molecule has 1 aromatic carbocycles. The van der Waals surface area contributed by atoms with Crippen molar-refractivity contribution < 1.29 is 14.3 Å². The molecular formula is C15H20FNO2. The molecule has 1 aromatic rings. The van der Waals surface area contributed by atoms with Crippen molar-refractivity contribution in [3.8, 4) is 0 Å². The summed E-state index contributed by atoms with van der Waals surface area (Å²) < 4.78 is 13.4. The zero-order valence-corrected chi connectivity index (χ0v) is 10.9. The summed E-state index contributed by atoms with van der Waals surface area (Å²) in [6, 6.07) is 6.25. The van der Waals surface area contributed by atoms with Crippen molar-refractivity contribution in [1.29, 1.82) is 0 Å². The molecule has 19 heavy (non-hydrogen) atoms. The molecule has 2 rings (SSSR count). The van der Waals surface area contributed by atoms with Crippen LogP contribution in [0.15, 0.2) is 24.3 Å². The molecule has 0 aliphatic heterocycles. The van der Waals surface area contributed by atoms with E-state index in [0.717, 1.165) is 25.7 Å².